The zero-order valence-corrected chi connectivity index (χ0v) is 13.5. The van der Waals surface area contributed by atoms with E-state index in [0.29, 0.717) is 17.1 Å². The fourth-order valence-electron chi connectivity index (χ4n) is 2.85. The molecule has 1 atom stereocenters. The van der Waals surface area contributed by atoms with Gasteiger partial charge >= 0.3 is 0 Å². The molecule has 2 rings (SSSR count). The topological polar surface area (TPSA) is 33.7 Å². The molecule has 3 nitrogen and oxygen atoms in total. The molecule has 1 aromatic rings. The zero-order chi connectivity index (χ0) is 14.7. The van der Waals surface area contributed by atoms with Gasteiger partial charge in [-0.25, -0.2) is 0 Å². The van der Waals surface area contributed by atoms with Gasteiger partial charge in [-0.15, -0.1) is 0 Å². The van der Waals surface area contributed by atoms with E-state index in [0.717, 1.165) is 26.2 Å². The number of benzene rings is 1. The SMILES string of the molecule is CC(C)c1ccc([C@@H](C)[NH+]2CCN(C(N)=S)CC2)cc1. The Kier molecular flexibility index (Phi) is 5.00. The highest BCUT2D eigenvalue weighted by molar-refractivity contribution is 7.80. The summed E-state index contributed by atoms with van der Waals surface area (Å²) in [6, 6.07) is 9.63. The smallest absolute Gasteiger partial charge is 0.166 e. The number of piperazine rings is 1. The molecule has 0 spiro atoms. The van der Waals surface area contributed by atoms with Crippen LogP contribution in [0.5, 0.6) is 0 Å². The quantitative estimate of drug-likeness (QED) is 0.825. The lowest BCUT2D eigenvalue weighted by atomic mass is 9.99. The summed E-state index contributed by atoms with van der Waals surface area (Å²) < 4.78 is 0. The number of rotatable bonds is 3. The number of nitrogens with two attached hydrogens (primary N) is 1. The predicted molar refractivity (Wildman–Crippen MR) is 88.0 cm³/mol. The Bertz CT molecular complexity index is 447. The van der Waals surface area contributed by atoms with Gasteiger partial charge in [0.25, 0.3) is 0 Å². The fraction of sp³-hybridized carbons (Fsp3) is 0.562. The third kappa shape index (κ3) is 3.49. The van der Waals surface area contributed by atoms with Crippen LogP contribution in [-0.2, 0) is 0 Å². The predicted octanol–water partition coefficient (Wildman–Crippen LogP) is 1.32. The first-order chi connectivity index (χ1) is 9.49. The first kappa shape index (κ1) is 15.3. The van der Waals surface area contributed by atoms with E-state index >= 15 is 0 Å². The van der Waals surface area contributed by atoms with Gasteiger partial charge in [-0.1, -0.05) is 38.1 Å². The summed E-state index contributed by atoms with van der Waals surface area (Å²) in [5, 5.41) is 0.540. The number of thiocarbonyl (C=S) groups is 1. The van der Waals surface area contributed by atoms with Crippen LogP contribution in [0.2, 0.25) is 0 Å². The maximum Gasteiger partial charge on any atom is 0.166 e. The van der Waals surface area contributed by atoms with Crippen molar-refractivity contribution < 1.29 is 4.90 Å². The highest BCUT2D eigenvalue weighted by Crippen LogP contribution is 2.17. The molecule has 1 aliphatic heterocycles. The van der Waals surface area contributed by atoms with Crippen LogP contribution in [0.4, 0.5) is 0 Å². The lowest BCUT2D eigenvalue weighted by molar-refractivity contribution is -0.933. The average molecular weight is 292 g/mol. The summed E-state index contributed by atoms with van der Waals surface area (Å²) in [7, 11) is 0. The standard InChI is InChI=1S/C16H25N3S/c1-12(2)14-4-6-15(7-5-14)13(3)18-8-10-19(11-9-18)16(17)20/h4-7,12-13H,8-11H2,1-3H3,(H2,17,20)/p+1/t13-/m1/s1. The second-order valence-electron chi connectivity index (χ2n) is 6.03. The zero-order valence-electron chi connectivity index (χ0n) is 12.7. The Morgan fingerprint density at radius 3 is 2.05 bits per heavy atom. The van der Waals surface area contributed by atoms with E-state index in [2.05, 4.69) is 49.9 Å². The van der Waals surface area contributed by atoms with Crippen LogP contribution in [0.25, 0.3) is 0 Å². The minimum atomic E-state index is 0.532. The first-order valence-corrected chi connectivity index (χ1v) is 7.88. The molecule has 3 N–H and O–H groups in total. The maximum atomic E-state index is 5.69. The van der Waals surface area contributed by atoms with Crippen molar-refractivity contribution in [2.75, 3.05) is 26.2 Å². The van der Waals surface area contributed by atoms with Gasteiger partial charge in [-0.2, -0.15) is 0 Å². The normalized spacial score (nSPS) is 18.3. The van der Waals surface area contributed by atoms with Crippen LogP contribution in [0, 0.1) is 0 Å². The summed E-state index contributed by atoms with van der Waals surface area (Å²) in [6.45, 7) is 10.9. The Balaban J connectivity index is 1.98. The highest BCUT2D eigenvalue weighted by atomic mass is 32.1. The van der Waals surface area contributed by atoms with Gasteiger partial charge in [0.05, 0.1) is 26.2 Å². The molecular formula is C16H26N3S+. The molecule has 1 saturated heterocycles. The Labute approximate surface area is 127 Å². The summed E-state index contributed by atoms with van der Waals surface area (Å²) in [5.74, 6) is 0.598. The van der Waals surface area contributed by atoms with Gasteiger partial charge in [-0.05, 0) is 30.6 Å². The molecule has 0 unspecified atom stereocenters. The third-order valence-corrected chi connectivity index (χ3v) is 4.69. The molecule has 1 fully saturated rings. The van der Waals surface area contributed by atoms with E-state index in [9.17, 15) is 0 Å². The molecule has 1 aromatic carbocycles. The van der Waals surface area contributed by atoms with Crippen molar-refractivity contribution in [1.82, 2.24) is 4.90 Å². The number of quaternary nitrogens is 1. The average Bonchev–Trinajstić information content (AvgIpc) is 2.46. The number of hydrogen-bond acceptors (Lipinski definition) is 1. The molecule has 0 bridgehead atoms. The van der Waals surface area contributed by atoms with Gasteiger partial charge < -0.3 is 15.5 Å². The Morgan fingerprint density at radius 1 is 1.10 bits per heavy atom. The van der Waals surface area contributed by atoms with E-state index in [1.807, 2.05) is 0 Å². The summed E-state index contributed by atoms with van der Waals surface area (Å²) >= 11 is 5.05. The molecule has 4 heteroatoms. The van der Waals surface area contributed by atoms with Crippen molar-refractivity contribution in [2.24, 2.45) is 5.73 Å². The molecule has 0 aromatic heterocycles. The van der Waals surface area contributed by atoms with E-state index in [-0.39, 0.29) is 0 Å². The minimum Gasteiger partial charge on any atom is -0.376 e. The van der Waals surface area contributed by atoms with Crippen molar-refractivity contribution in [1.29, 1.82) is 0 Å². The molecular weight excluding hydrogens is 266 g/mol. The molecule has 1 aliphatic rings. The summed E-state index contributed by atoms with van der Waals surface area (Å²) in [4.78, 5) is 3.72. The van der Waals surface area contributed by atoms with E-state index in [4.69, 9.17) is 18.0 Å². The number of nitrogens with one attached hydrogen (secondary N) is 1. The second kappa shape index (κ2) is 6.55. The summed E-state index contributed by atoms with van der Waals surface area (Å²) in [5.41, 5.74) is 8.53. The molecule has 20 heavy (non-hydrogen) atoms. The summed E-state index contributed by atoms with van der Waals surface area (Å²) in [6.07, 6.45) is 0. The lowest BCUT2D eigenvalue weighted by Gasteiger charge is -2.35. The number of hydrogen-bond donors (Lipinski definition) is 2. The van der Waals surface area contributed by atoms with Crippen molar-refractivity contribution >= 4 is 17.3 Å². The molecule has 0 radical (unpaired) electrons. The van der Waals surface area contributed by atoms with Gasteiger partial charge in [0, 0.05) is 5.56 Å². The van der Waals surface area contributed by atoms with E-state index in [1.165, 1.54) is 11.1 Å². The molecule has 0 aliphatic carbocycles. The molecule has 1 heterocycles. The van der Waals surface area contributed by atoms with Gasteiger partial charge in [0.15, 0.2) is 5.11 Å². The van der Waals surface area contributed by atoms with Crippen LogP contribution in [0.15, 0.2) is 24.3 Å². The highest BCUT2D eigenvalue weighted by Gasteiger charge is 2.25. The van der Waals surface area contributed by atoms with Gasteiger partial charge in [0.1, 0.15) is 6.04 Å². The van der Waals surface area contributed by atoms with Crippen LogP contribution in [0.1, 0.15) is 43.9 Å². The third-order valence-electron chi connectivity index (χ3n) is 4.43. The number of nitrogens with zero attached hydrogens (tertiary/aromatic N) is 1. The van der Waals surface area contributed by atoms with Crippen LogP contribution in [-0.4, -0.2) is 36.2 Å². The van der Waals surface area contributed by atoms with Crippen LogP contribution in [0.3, 0.4) is 0 Å². The first-order valence-electron chi connectivity index (χ1n) is 7.48. The largest absolute Gasteiger partial charge is 0.376 e. The van der Waals surface area contributed by atoms with Crippen molar-refractivity contribution in [2.45, 2.75) is 32.7 Å². The minimum absolute atomic E-state index is 0.532. The lowest BCUT2D eigenvalue weighted by Crippen LogP contribution is -3.14. The van der Waals surface area contributed by atoms with Crippen LogP contribution < -0.4 is 10.6 Å². The van der Waals surface area contributed by atoms with Crippen molar-refractivity contribution in [3.8, 4) is 0 Å². The Morgan fingerprint density at radius 2 is 1.60 bits per heavy atom. The monoisotopic (exact) mass is 292 g/mol. The van der Waals surface area contributed by atoms with E-state index in [1.54, 1.807) is 4.90 Å². The molecule has 110 valence electrons. The van der Waals surface area contributed by atoms with Crippen molar-refractivity contribution in [3.05, 3.63) is 35.4 Å². The van der Waals surface area contributed by atoms with Gasteiger partial charge in [-0.3, -0.25) is 0 Å². The molecule has 0 saturated carbocycles. The fourth-order valence-corrected chi connectivity index (χ4v) is 3.04. The van der Waals surface area contributed by atoms with Crippen molar-refractivity contribution in [3.63, 3.8) is 0 Å². The Hall–Kier alpha value is -1.13. The van der Waals surface area contributed by atoms with Gasteiger partial charge in [0.2, 0.25) is 0 Å². The maximum absolute atomic E-state index is 5.69. The molecule has 0 amide bonds. The van der Waals surface area contributed by atoms with Crippen LogP contribution >= 0.6 is 12.2 Å². The second-order valence-corrected chi connectivity index (χ2v) is 6.44. The van der Waals surface area contributed by atoms with E-state index < -0.39 is 0 Å².